The highest BCUT2D eigenvalue weighted by atomic mass is 19.1. The number of phenols is 1. The molecular weight excluding hydrogens is 485 g/mol. The predicted octanol–water partition coefficient (Wildman–Crippen LogP) is 5.11. The van der Waals surface area contributed by atoms with Gasteiger partial charge in [-0.05, 0) is 61.4 Å². The fourth-order valence-corrected chi connectivity index (χ4v) is 4.17. The van der Waals surface area contributed by atoms with Crippen LogP contribution in [0.5, 0.6) is 5.75 Å². The van der Waals surface area contributed by atoms with Gasteiger partial charge in [0.15, 0.2) is 11.6 Å². The van der Waals surface area contributed by atoms with Crippen LogP contribution in [0.4, 0.5) is 27.5 Å². The third-order valence-corrected chi connectivity index (χ3v) is 6.08. The molecule has 0 spiro atoms. The molecule has 0 radical (unpaired) electrons. The average molecular weight is 514 g/mol. The molecule has 1 atom stereocenters. The van der Waals surface area contributed by atoms with Gasteiger partial charge < -0.3 is 20.1 Å². The van der Waals surface area contributed by atoms with Crippen molar-refractivity contribution in [3.05, 3.63) is 84.1 Å². The van der Waals surface area contributed by atoms with Crippen LogP contribution in [0.2, 0.25) is 0 Å². The Morgan fingerprint density at radius 2 is 1.95 bits per heavy atom. The number of morpholine rings is 1. The van der Waals surface area contributed by atoms with E-state index in [1.807, 2.05) is 67.3 Å². The molecule has 5 rings (SSSR count). The molecule has 3 heterocycles. The standard InChI is InChI=1S/C28H28FN7O2/c1-18-17-36(12-13-38-18)27-25(29)16-30-28(34-27)35-31-15-23-10-11-26(19(2)32-23)33-22-8-6-20(7-9-22)21-4-3-5-24(37)14-21/h3-11,14-16,18,33,37H,12-13,17H2,1-2H3,(H,30,34,35)/b31-15+. The highest BCUT2D eigenvalue weighted by molar-refractivity contribution is 5.79. The monoisotopic (exact) mass is 513 g/mol. The van der Waals surface area contributed by atoms with Crippen LogP contribution in [-0.4, -0.2) is 52.1 Å². The summed E-state index contributed by atoms with van der Waals surface area (Å²) >= 11 is 0. The summed E-state index contributed by atoms with van der Waals surface area (Å²) in [5.41, 5.74) is 7.94. The molecule has 1 unspecified atom stereocenters. The number of phenolic OH excluding ortho intramolecular Hbond substituents is 1. The molecule has 10 heteroatoms. The van der Waals surface area contributed by atoms with Crippen LogP contribution in [0.15, 0.2) is 72.0 Å². The summed E-state index contributed by atoms with van der Waals surface area (Å²) < 4.78 is 19.8. The van der Waals surface area contributed by atoms with E-state index in [1.54, 1.807) is 18.3 Å². The van der Waals surface area contributed by atoms with E-state index in [4.69, 9.17) is 4.74 Å². The van der Waals surface area contributed by atoms with Gasteiger partial charge in [0.05, 0.1) is 42.2 Å². The molecule has 0 aliphatic carbocycles. The van der Waals surface area contributed by atoms with Crippen molar-refractivity contribution >= 4 is 29.4 Å². The van der Waals surface area contributed by atoms with Crippen LogP contribution in [0.25, 0.3) is 11.1 Å². The average Bonchev–Trinajstić information content (AvgIpc) is 2.91. The van der Waals surface area contributed by atoms with Gasteiger partial charge in [0.2, 0.25) is 5.95 Å². The van der Waals surface area contributed by atoms with Crippen molar-refractivity contribution in [2.45, 2.75) is 20.0 Å². The van der Waals surface area contributed by atoms with Crippen molar-refractivity contribution in [3.8, 4) is 16.9 Å². The molecule has 0 saturated carbocycles. The van der Waals surface area contributed by atoms with Gasteiger partial charge >= 0.3 is 0 Å². The molecule has 4 aromatic rings. The minimum atomic E-state index is -0.483. The van der Waals surface area contributed by atoms with E-state index in [9.17, 15) is 9.50 Å². The number of pyridine rings is 1. The summed E-state index contributed by atoms with van der Waals surface area (Å²) in [5.74, 6) is 0.180. The quantitative estimate of drug-likeness (QED) is 0.231. The number of nitrogens with zero attached hydrogens (tertiary/aromatic N) is 5. The first-order chi connectivity index (χ1) is 18.4. The van der Waals surface area contributed by atoms with E-state index in [0.717, 1.165) is 34.4 Å². The van der Waals surface area contributed by atoms with Crippen molar-refractivity contribution in [2.24, 2.45) is 5.10 Å². The maximum absolute atomic E-state index is 14.3. The number of ether oxygens (including phenoxy) is 1. The van der Waals surface area contributed by atoms with E-state index in [-0.39, 0.29) is 23.6 Å². The number of hydrogen-bond acceptors (Lipinski definition) is 9. The van der Waals surface area contributed by atoms with E-state index in [0.29, 0.717) is 25.4 Å². The molecule has 1 saturated heterocycles. The lowest BCUT2D eigenvalue weighted by Gasteiger charge is -2.32. The van der Waals surface area contributed by atoms with Gasteiger partial charge in [0, 0.05) is 18.8 Å². The van der Waals surface area contributed by atoms with Crippen molar-refractivity contribution in [1.82, 2.24) is 15.0 Å². The zero-order chi connectivity index (χ0) is 26.5. The summed E-state index contributed by atoms with van der Waals surface area (Å²) in [6.07, 6.45) is 2.70. The zero-order valence-electron chi connectivity index (χ0n) is 21.1. The lowest BCUT2D eigenvalue weighted by Crippen LogP contribution is -2.42. The number of hydrazone groups is 1. The first-order valence-electron chi connectivity index (χ1n) is 12.3. The second-order valence-corrected chi connectivity index (χ2v) is 8.98. The van der Waals surface area contributed by atoms with Crippen LogP contribution in [0.1, 0.15) is 18.3 Å². The Kier molecular flexibility index (Phi) is 7.41. The molecule has 194 valence electrons. The third kappa shape index (κ3) is 6.04. The number of benzene rings is 2. The second-order valence-electron chi connectivity index (χ2n) is 8.98. The van der Waals surface area contributed by atoms with E-state index >= 15 is 0 Å². The lowest BCUT2D eigenvalue weighted by molar-refractivity contribution is 0.0527. The fraction of sp³-hybridized carbons (Fsp3) is 0.214. The maximum atomic E-state index is 14.3. The van der Waals surface area contributed by atoms with E-state index in [2.05, 4.69) is 30.8 Å². The number of anilines is 4. The first-order valence-corrected chi connectivity index (χ1v) is 12.3. The van der Waals surface area contributed by atoms with Crippen LogP contribution in [0, 0.1) is 12.7 Å². The van der Waals surface area contributed by atoms with Crippen LogP contribution >= 0.6 is 0 Å². The molecule has 2 aromatic heterocycles. The van der Waals surface area contributed by atoms with Crippen LogP contribution in [-0.2, 0) is 4.74 Å². The van der Waals surface area contributed by atoms with Crippen molar-refractivity contribution in [2.75, 3.05) is 35.3 Å². The molecule has 38 heavy (non-hydrogen) atoms. The topological polar surface area (TPSA) is 108 Å². The molecule has 9 nitrogen and oxygen atoms in total. The Balaban J connectivity index is 1.21. The number of nitrogens with one attached hydrogen (secondary N) is 2. The number of hydrogen-bond donors (Lipinski definition) is 3. The van der Waals surface area contributed by atoms with Gasteiger partial charge in [-0.25, -0.2) is 19.8 Å². The van der Waals surface area contributed by atoms with E-state index in [1.165, 1.54) is 0 Å². The number of aromatic hydroxyl groups is 1. The predicted molar refractivity (Wildman–Crippen MR) is 147 cm³/mol. The second kappa shape index (κ2) is 11.2. The molecule has 2 aromatic carbocycles. The molecule has 0 amide bonds. The summed E-state index contributed by atoms with van der Waals surface area (Å²) in [6.45, 7) is 5.49. The summed E-state index contributed by atoms with van der Waals surface area (Å²) in [4.78, 5) is 14.7. The van der Waals surface area contributed by atoms with Crippen molar-refractivity contribution in [1.29, 1.82) is 0 Å². The SMILES string of the molecule is Cc1nc(/C=N/Nc2ncc(F)c(N3CCOC(C)C3)n2)ccc1Nc1ccc(-c2cccc(O)c2)cc1. The number of halogens is 1. The highest BCUT2D eigenvalue weighted by Gasteiger charge is 2.21. The van der Waals surface area contributed by atoms with Crippen molar-refractivity contribution < 1.29 is 14.2 Å². The Morgan fingerprint density at radius 3 is 2.71 bits per heavy atom. The van der Waals surface area contributed by atoms with Crippen molar-refractivity contribution in [3.63, 3.8) is 0 Å². The summed E-state index contributed by atoms with van der Waals surface area (Å²) in [6, 6.07) is 18.9. The Morgan fingerprint density at radius 1 is 1.11 bits per heavy atom. The molecule has 1 aliphatic heterocycles. The van der Waals surface area contributed by atoms with Gasteiger partial charge in [0.1, 0.15) is 5.75 Å². The molecule has 3 N–H and O–H groups in total. The highest BCUT2D eigenvalue weighted by Crippen LogP contribution is 2.26. The van der Waals surface area contributed by atoms with Gasteiger partial charge in [0.25, 0.3) is 0 Å². The van der Waals surface area contributed by atoms with Crippen LogP contribution in [0.3, 0.4) is 0 Å². The first kappa shape index (κ1) is 25.1. The Labute approximate surface area is 220 Å². The van der Waals surface area contributed by atoms with E-state index < -0.39 is 5.82 Å². The molecule has 1 aliphatic rings. The summed E-state index contributed by atoms with van der Waals surface area (Å²) in [5, 5.41) is 17.3. The number of aromatic nitrogens is 3. The fourth-order valence-electron chi connectivity index (χ4n) is 4.17. The third-order valence-electron chi connectivity index (χ3n) is 6.08. The lowest BCUT2D eigenvalue weighted by atomic mass is 10.1. The zero-order valence-corrected chi connectivity index (χ0v) is 21.1. The number of rotatable bonds is 7. The number of aryl methyl sites for hydroxylation is 1. The van der Waals surface area contributed by atoms with Crippen LogP contribution < -0.4 is 15.6 Å². The smallest absolute Gasteiger partial charge is 0.245 e. The Bertz CT molecular complexity index is 1450. The minimum Gasteiger partial charge on any atom is -0.508 e. The maximum Gasteiger partial charge on any atom is 0.245 e. The largest absolute Gasteiger partial charge is 0.508 e. The van der Waals surface area contributed by atoms with Gasteiger partial charge in [-0.1, -0.05) is 24.3 Å². The van der Waals surface area contributed by atoms with Gasteiger partial charge in [-0.2, -0.15) is 10.1 Å². The minimum absolute atomic E-state index is 0.00313. The van der Waals surface area contributed by atoms with Gasteiger partial charge in [-0.3, -0.25) is 0 Å². The van der Waals surface area contributed by atoms with Gasteiger partial charge in [-0.15, -0.1) is 0 Å². The summed E-state index contributed by atoms with van der Waals surface area (Å²) in [7, 11) is 0. The Hall–Kier alpha value is -4.57. The molecule has 1 fully saturated rings. The molecule has 0 bridgehead atoms. The normalized spacial score (nSPS) is 15.6. The molecular formula is C28H28FN7O2.